The molecule has 1 heteroatoms. The first-order valence-electron chi connectivity index (χ1n) is 9.23. The molecule has 0 heterocycles. The number of rotatable bonds is 13. The summed E-state index contributed by atoms with van der Waals surface area (Å²) in [4.78, 5) is 2.65. The zero-order valence-electron chi connectivity index (χ0n) is 14.8. The van der Waals surface area contributed by atoms with Crippen LogP contribution in [-0.4, -0.2) is 18.0 Å². The van der Waals surface area contributed by atoms with Gasteiger partial charge in [-0.15, -0.1) is 0 Å². The zero-order valence-corrected chi connectivity index (χ0v) is 14.8. The number of hydrogen-bond acceptors (Lipinski definition) is 1. The molecule has 1 aromatic rings. The Kier molecular flexibility index (Phi) is 10.7. The zero-order chi connectivity index (χ0) is 16.0. The molecule has 1 rings (SSSR count). The molecule has 0 saturated carbocycles. The van der Waals surface area contributed by atoms with Crippen LogP contribution in [0.3, 0.4) is 0 Å². The Bertz CT molecular complexity index is 367. The van der Waals surface area contributed by atoms with Crippen molar-refractivity contribution in [3.8, 4) is 0 Å². The highest BCUT2D eigenvalue weighted by atomic mass is 15.1. The van der Waals surface area contributed by atoms with Crippen molar-refractivity contribution >= 4 is 6.08 Å². The summed E-state index contributed by atoms with van der Waals surface area (Å²) in [6.07, 6.45) is 12.7. The molecule has 124 valence electrons. The first kappa shape index (κ1) is 19.0. The van der Waals surface area contributed by atoms with Gasteiger partial charge in [-0.2, -0.15) is 0 Å². The molecule has 0 amide bonds. The predicted octanol–water partition coefficient (Wildman–Crippen LogP) is 6.29. The van der Waals surface area contributed by atoms with Crippen LogP contribution in [0.2, 0.25) is 0 Å². The molecule has 0 aromatic heterocycles. The number of nitrogens with zero attached hydrogens (tertiary/aromatic N) is 1. The van der Waals surface area contributed by atoms with Crippen molar-refractivity contribution in [3.05, 3.63) is 42.0 Å². The van der Waals surface area contributed by atoms with E-state index in [-0.39, 0.29) is 0 Å². The molecule has 0 aliphatic carbocycles. The number of unbranched alkanes of at least 4 members (excludes halogenated alkanes) is 6. The standard InChI is InChI=1S/C21H35N/c1-4-7-9-11-17-22(18-12-10-8-5-2)19-21-15-13-20(6-3)14-16-21/h6,13-16H,3-5,7-12,17-19H2,1-2H3. The van der Waals surface area contributed by atoms with E-state index in [0.29, 0.717) is 0 Å². The van der Waals surface area contributed by atoms with Gasteiger partial charge in [0.1, 0.15) is 0 Å². The third kappa shape index (κ3) is 8.38. The van der Waals surface area contributed by atoms with E-state index in [1.54, 1.807) is 0 Å². The van der Waals surface area contributed by atoms with E-state index in [4.69, 9.17) is 0 Å². The fourth-order valence-corrected chi connectivity index (χ4v) is 2.81. The largest absolute Gasteiger partial charge is 0.299 e. The summed E-state index contributed by atoms with van der Waals surface area (Å²) in [6, 6.07) is 8.85. The van der Waals surface area contributed by atoms with Gasteiger partial charge in [0.25, 0.3) is 0 Å². The van der Waals surface area contributed by atoms with Crippen molar-refractivity contribution in [2.75, 3.05) is 13.1 Å². The fourth-order valence-electron chi connectivity index (χ4n) is 2.81. The Morgan fingerprint density at radius 1 is 0.818 bits per heavy atom. The van der Waals surface area contributed by atoms with Gasteiger partial charge in [0.2, 0.25) is 0 Å². The van der Waals surface area contributed by atoms with Crippen LogP contribution in [0.4, 0.5) is 0 Å². The highest BCUT2D eigenvalue weighted by molar-refractivity contribution is 5.47. The van der Waals surface area contributed by atoms with Gasteiger partial charge in [-0.05, 0) is 37.1 Å². The van der Waals surface area contributed by atoms with Crippen molar-refractivity contribution in [2.45, 2.75) is 71.8 Å². The molecule has 0 N–H and O–H groups in total. The maximum Gasteiger partial charge on any atom is 0.0233 e. The minimum Gasteiger partial charge on any atom is -0.299 e. The molecule has 0 aliphatic rings. The van der Waals surface area contributed by atoms with Crippen LogP contribution in [0.1, 0.15) is 76.3 Å². The quantitative estimate of drug-likeness (QED) is 0.387. The van der Waals surface area contributed by atoms with Gasteiger partial charge in [0.15, 0.2) is 0 Å². The Hall–Kier alpha value is -1.08. The van der Waals surface area contributed by atoms with Crippen LogP contribution in [0, 0.1) is 0 Å². The van der Waals surface area contributed by atoms with Gasteiger partial charge in [-0.3, -0.25) is 4.90 Å². The SMILES string of the molecule is C=Cc1ccc(CN(CCCCCC)CCCCCC)cc1. The maximum absolute atomic E-state index is 3.83. The summed E-state index contributed by atoms with van der Waals surface area (Å²) >= 11 is 0. The molecular weight excluding hydrogens is 266 g/mol. The van der Waals surface area contributed by atoms with Gasteiger partial charge >= 0.3 is 0 Å². The second-order valence-corrected chi connectivity index (χ2v) is 6.34. The van der Waals surface area contributed by atoms with Crippen LogP contribution in [-0.2, 0) is 6.54 Å². The topological polar surface area (TPSA) is 3.24 Å². The monoisotopic (exact) mass is 301 g/mol. The molecule has 22 heavy (non-hydrogen) atoms. The smallest absolute Gasteiger partial charge is 0.0233 e. The van der Waals surface area contributed by atoms with Crippen LogP contribution in [0.5, 0.6) is 0 Å². The summed E-state index contributed by atoms with van der Waals surface area (Å²) in [5.74, 6) is 0. The van der Waals surface area contributed by atoms with Crippen LogP contribution in [0.15, 0.2) is 30.8 Å². The summed E-state index contributed by atoms with van der Waals surface area (Å²) in [5.41, 5.74) is 2.64. The predicted molar refractivity (Wildman–Crippen MR) is 100 cm³/mol. The minimum absolute atomic E-state index is 1.09. The lowest BCUT2D eigenvalue weighted by Crippen LogP contribution is -2.25. The third-order valence-corrected chi connectivity index (χ3v) is 4.28. The molecule has 0 bridgehead atoms. The Morgan fingerprint density at radius 3 is 1.82 bits per heavy atom. The summed E-state index contributed by atoms with van der Waals surface area (Å²) < 4.78 is 0. The van der Waals surface area contributed by atoms with E-state index < -0.39 is 0 Å². The minimum atomic E-state index is 1.09. The molecule has 0 spiro atoms. The number of benzene rings is 1. The summed E-state index contributed by atoms with van der Waals surface area (Å²) in [6.45, 7) is 12.0. The van der Waals surface area contributed by atoms with E-state index in [0.717, 1.165) is 6.54 Å². The molecule has 1 aromatic carbocycles. The van der Waals surface area contributed by atoms with Crippen LogP contribution >= 0.6 is 0 Å². The van der Waals surface area contributed by atoms with Gasteiger partial charge in [-0.1, -0.05) is 89.3 Å². The van der Waals surface area contributed by atoms with E-state index in [2.05, 4.69) is 49.6 Å². The highest BCUT2D eigenvalue weighted by Gasteiger charge is 2.06. The van der Waals surface area contributed by atoms with E-state index in [1.165, 1.54) is 75.6 Å². The van der Waals surface area contributed by atoms with Crippen LogP contribution in [0.25, 0.3) is 6.08 Å². The van der Waals surface area contributed by atoms with Crippen molar-refractivity contribution in [1.82, 2.24) is 4.90 Å². The Balaban J connectivity index is 2.44. The first-order valence-corrected chi connectivity index (χ1v) is 9.23. The number of hydrogen-bond donors (Lipinski definition) is 0. The average molecular weight is 302 g/mol. The average Bonchev–Trinajstić information content (AvgIpc) is 2.56. The fraction of sp³-hybridized carbons (Fsp3) is 0.619. The van der Waals surface area contributed by atoms with E-state index in [9.17, 15) is 0 Å². The molecule has 0 aliphatic heterocycles. The third-order valence-electron chi connectivity index (χ3n) is 4.28. The molecule has 1 nitrogen and oxygen atoms in total. The highest BCUT2D eigenvalue weighted by Crippen LogP contribution is 2.12. The lowest BCUT2D eigenvalue weighted by atomic mass is 10.1. The van der Waals surface area contributed by atoms with E-state index >= 15 is 0 Å². The van der Waals surface area contributed by atoms with Gasteiger partial charge in [-0.25, -0.2) is 0 Å². The lowest BCUT2D eigenvalue weighted by Gasteiger charge is -2.22. The lowest BCUT2D eigenvalue weighted by molar-refractivity contribution is 0.252. The molecule has 0 saturated heterocycles. The van der Waals surface area contributed by atoms with Crippen molar-refractivity contribution in [3.63, 3.8) is 0 Å². The Morgan fingerprint density at radius 2 is 1.36 bits per heavy atom. The molecule has 0 fully saturated rings. The maximum atomic E-state index is 3.83. The van der Waals surface area contributed by atoms with E-state index in [1.807, 2.05) is 6.08 Å². The second-order valence-electron chi connectivity index (χ2n) is 6.34. The van der Waals surface area contributed by atoms with Crippen molar-refractivity contribution < 1.29 is 0 Å². The van der Waals surface area contributed by atoms with Crippen LogP contribution < -0.4 is 0 Å². The Labute approximate surface area is 138 Å². The summed E-state index contributed by atoms with van der Waals surface area (Å²) in [7, 11) is 0. The van der Waals surface area contributed by atoms with Gasteiger partial charge < -0.3 is 0 Å². The molecule has 0 atom stereocenters. The molecular formula is C21H35N. The summed E-state index contributed by atoms with van der Waals surface area (Å²) in [5, 5.41) is 0. The van der Waals surface area contributed by atoms with Gasteiger partial charge in [0.05, 0.1) is 0 Å². The van der Waals surface area contributed by atoms with Crippen molar-refractivity contribution in [1.29, 1.82) is 0 Å². The molecule has 0 radical (unpaired) electrons. The molecule has 0 unspecified atom stereocenters. The van der Waals surface area contributed by atoms with Gasteiger partial charge in [0, 0.05) is 6.54 Å². The second kappa shape index (κ2) is 12.5. The first-order chi connectivity index (χ1) is 10.8. The normalized spacial score (nSPS) is 11.0. The van der Waals surface area contributed by atoms with Crippen molar-refractivity contribution in [2.24, 2.45) is 0 Å².